The van der Waals surface area contributed by atoms with Gasteiger partial charge in [0.05, 0.1) is 6.54 Å². The zero-order chi connectivity index (χ0) is 20.6. The molecule has 3 rings (SSSR count). The van der Waals surface area contributed by atoms with Gasteiger partial charge in [0.25, 0.3) is 0 Å². The van der Waals surface area contributed by atoms with Crippen molar-refractivity contribution in [2.24, 2.45) is 0 Å². The molecule has 6 nitrogen and oxygen atoms in total. The molecule has 1 aliphatic heterocycles. The molecule has 2 aromatic rings. The Kier molecular flexibility index (Phi) is 7.25. The van der Waals surface area contributed by atoms with Gasteiger partial charge in [-0.25, -0.2) is 0 Å². The minimum Gasteiger partial charge on any atom is -0.368 e. The van der Waals surface area contributed by atoms with Crippen molar-refractivity contribution >= 4 is 34.9 Å². The van der Waals surface area contributed by atoms with E-state index in [1.165, 1.54) is 0 Å². The molecule has 1 heterocycles. The molecule has 0 bridgehead atoms. The van der Waals surface area contributed by atoms with Crippen molar-refractivity contribution in [1.29, 1.82) is 0 Å². The molecular formula is C22H24ClN3O3. The largest absolute Gasteiger partial charge is 0.368 e. The third-order valence-electron chi connectivity index (χ3n) is 4.92. The Balaban J connectivity index is 1.37. The summed E-state index contributed by atoms with van der Waals surface area (Å²) in [5, 5.41) is 3.31. The van der Waals surface area contributed by atoms with Crippen LogP contribution in [-0.4, -0.2) is 55.2 Å². The third kappa shape index (κ3) is 6.06. The Morgan fingerprint density at radius 1 is 0.897 bits per heavy atom. The van der Waals surface area contributed by atoms with Gasteiger partial charge in [0, 0.05) is 55.3 Å². The van der Waals surface area contributed by atoms with Gasteiger partial charge < -0.3 is 15.1 Å². The van der Waals surface area contributed by atoms with E-state index < -0.39 is 0 Å². The normalized spacial score (nSPS) is 13.8. The van der Waals surface area contributed by atoms with Gasteiger partial charge in [-0.3, -0.25) is 14.4 Å². The standard InChI is InChI=1S/C22H24ClN3O3/c23-18-7-4-8-19(15-18)25-11-13-26(14-12-25)22(29)16-24-21(28)10-9-20(27)17-5-2-1-3-6-17/h1-8,15H,9-14,16H2,(H,24,28). The molecule has 1 fully saturated rings. The molecule has 1 aliphatic rings. The number of halogens is 1. The summed E-state index contributed by atoms with van der Waals surface area (Å²) in [7, 11) is 0. The highest BCUT2D eigenvalue weighted by atomic mass is 35.5. The monoisotopic (exact) mass is 413 g/mol. The second-order valence-electron chi connectivity index (χ2n) is 6.91. The van der Waals surface area contributed by atoms with Crippen LogP contribution in [0.4, 0.5) is 5.69 Å². The van der Waals surface area contributed by atoms with Crippen LogP contribution in [0.5, 0.6) is 0 Å². The molecule has 29 heavy (non-hydrogen) atoms. The Bertz CT molecular complexity index is 865. The van der Waals surface area contributed by atoms with E-state index >= 15 is 0 Å². The number of carbonyl (C=O) groups excluding carboxylic acids is 3. The van der Waals surface area contributed by atoms with Gasteiger partial charge in [0.15, 0.2) is 5.78 Å². The fourth-order valence-corrected chi connectivity index (χ4v) is 3.44. The topological polar surface area (TPSA) is 69.7 Å². The van der Waals surface area contributed by atoms with Crippen molar-refractivity contribution in [2.75, 3.05) is 37.6 Å². The predicted molar refractivity (Wildman–Crippen MR) is 113 cm³/mol. The van der Waals surface area contributed by atoms with Gasteiger partial charge in [-0.2, -0.15) is 0 Å². The fourth-order valence-electron chi connectivity index (χ4n) is 3.26. The lowest BCUT2D eigenvalue weighted by atomic mass is 10.1. The summed E-state index contributed by atoms with van der Waals surface area (Å²) >= 11 is 6.04. The minimum absolute atomic E-state index is 0.0461. The smallest absolute Gasteiger partial charge is 0.242 e. The fraction of sp³-hybridized carbons (Fsp3) is 0.318. The molecule has 2 aromatic carbocycles. The van der Waals surface area contributed by atoms with Crippen molar-refractivity contribution in [3.05, 3.63) is 65.2 Å². The summed E-state index contributed by atoms with van der Waals surface area (Å²) in [5.74, 6) is -0.483. The summed E-state index contributed by atoms with van der Waals surface area (Å²) in [6.45, 7) is 2.56. The number of Topliss-reactive ketones (excluding diaryl/α,β-unsaturated/α-hetero) is 1. The molecular weight excluding hydrogens is 390 g/mol. The minimum atomic E-state index is -0.291. The van der Waals surface area contributed by atoms with Gasteiger partial charge in [0.2, 0.25) is 11.8 Å². The molecule has 0 radical (unpaired) electrons. The lowest BCUT2D eigenvalue weighted by Crippen LogP contribution is -2.51. The summed E-state index contributed by atoms with van der Waals surface area (Å²) in [6.07, 6.45) is 0.200. The van der Waals surface area contributed by atoms with Crippen LogP contribution in [0.1, 0.15) is 23.2 Å². The van der Waals surface area contributed by atoms with Crippen LogP contribution in [0.25, 0.3) is 0 Å². The molecule has 0 saturated carbocycles. The van der Waals surface area contributed by atoms with Crippen LogP contribution in [0.3, 0.4) is 0 Å². The zero-order valence-corrected chi connectivity index (χ0v) is 16.9. The van der Waals surface area contributed by atoms with E-state index in [1.807, 2.05) is 30.3 Å². The van der Waals surface area contributed by atoms with E-state index in [4.69, 9.17) is 11.6 Å². The predicted octanol–water partition coefficient (Wildman–Crippen LogP) is 2.77. The third-order valence-corrected chi connectivity index (χ3v) is 5.15. The highest BCUT2D eigenvalue weighted by Crippen LogP contribution is 2.20. The molecule has 0 atom stereocenters. The highest BCUT2D eigenvalue weighted by molar-refractivity contribution is 6.30. The average molecular weight is 414 g/mol. The summed E-state index contributed by atoms with van der Waals surface area (Å²) < 4.78 is 0. The van der Waals surface area contributed by atoms with Gasteiger partial charge in [-0.15, -0.1) is 0 Å². The van der Waals surface area contributed by atoms with Gasteiger partial charge in [-0.1, -0.05) is 48.0 Å². The lowest BCUT2D eigenvalue weighted by molar-refractivity contribution is -0.133. The first-order chi connectivity index (χ1) is 14.0. The van der Waals surface area contributed by atoms with E-state index in [0.717, 1.165) is 5.69 Å². The Morgan fingerprint density at radius 3 is 2.31 bits per heavy atom. The van der Waals surface area contributed by atoms with E-state index in [2.05, 4.69) is 10.2 Å². The zero-order valence-electron chi connectivity index (χ0n) is 16.1. The maximum atomic E-state index is 12.4. The first-order valence-electron chi connectivity index (χ1n) is 9.66. The second kappa shape index (κ2) is 10.1. The Hall–Kier alpha value is -2.86. The van der Waals surface area contributed by atoms with E-state index in [1.54, 1.807) is 29.2 Å². The summed E-state index contributed by atoms with van der Waals surface area (Å²) in [5.41, 5.74) is 1.63. The molecule has 0 unspecified atom stereocenters. The van der Waals surface area contributed by atoms with Crippen molar-refractivity contribution < 1.29 is 14.4 Å². The van der Waals surface area contributed by atoms with Crippen molar-refractivity contribution in [3.8, 4) is 0 Å². The molecule has 7 heteroatoms. The number of ketones is 1. The van der Waals surface area contributed by atoms with Crippen LogP contribution in [-0.2, 0) is 9.59 Å². The van der Waals surface area contributed by atoms with Crippen LogP contribution >= 0.6 is 11.6 Å². The maximum absolute atomic E-state index is 12.4. The van der Waals surface area contributed by atoms with Gasteiger partial charge >= 0.3 is 0 Å². The number of amides is 2. The molecule has 0 spiro atoms. The number of carbonyl (C=O) groups is 3. The maximum Gasteiger partial charge on any atom is 0.242 e. The number of nitrogens with one attached hydrogen (secondary N) is 1. The summed E-state index contributed by atoms with van der Waals surface area (Å²) in [4.78, 5) is 40.3. The molecule has 2 amide bonds. The number of benzene rings is 2. The number of nitrogens with zero attached hydrogens (tertiary/aromatic N) is 2. The highest BCUT2D eigenvalue weighted by Gasteiger charge is 2.21. The van der Waals surface area contributed by atoms with Crippen LogP contribution in [0.2, 0.25) is 5.02 Å². The molecule has 1 N–H and O–H groups in total. The lowest BCUT2D eigenvalue weighted by Gasteiger charge is -2.36. The number of hydrogen-bond donors (Lipinski definition) is 1. The quantitative estimate of drug-likeness (QED) is 0.708. The average Bonchev–Trinajstić information content (AvgIpc) is 2.76. The first-order valence-corrected chi connectivity index (χ1v) is 10.0. The van der Waals surface area contributed by atoms with Crippen molar-refractivity contribution in [1.82, 2.24) is 10.2 Å². The first kappa shape index (κ1) is 20.9. The van der Waals surface area contributed by atoms with E-state index in [0.29, 0.717) is 36.8 Å². The SMILES string of the molecule is O=C(CCC(=O)c1ccccc1)NCC(=O)N1CCN(c2cccc(Cl)c2)CC1. The van der Waals surface area contributed by atoms with Gasteiger partial charge in [-0.05, 0) is 18.2 Å². The van der Waals surface area contributed by atoms with Crippen LogP contribution in [0.15, 0.2) is 54.6 Å². The second-order valence-corrected chi connectivity index (χ2v) is 7.35. The van der Waals surface area contributed by atoms with Gasteiger partial charge in [0.1, 0.15) is 0 Å². The Labute approximate surface area is 175 Å². The van der Waals surface area contributed by atoms with E-state index in [-0.39, 0.29) is 37.0 Å². The summed E-state index contributed by atoms with van der Waals surface area (Å²) in [6, 6.07) is 16.5. The molecule has 0 aromatic heterocycles. The van der Waals surface area contributed by atoms with Crippen molar-refractivity contribution in [2.45, 2.75) is 12.8 Å². The van der Waals surface area contributed by atoms with Crippen LogP contribution < -0.4 is 10.2 Å². The number of rotatable bonds is 7. The molecule has 0 aliphatic carbocycles. The van der Waals surface area contributed by atoms with Crippen LogP contribution in [0, 0.1) is 0 Å². The number of piperazine rings is 1. The van der Waals surface area contributed by atoms with Crippen molar-refractivity contribution in [3.63, 3.8) is 0 Å². The molecule has 1 saturated heterocycles. The number of hydrogen-bond acceptors (Lipinski definition) is 4. The van der Waals surface area contributed by atoms with E-state index in [9.17, 15) is 14.4 Å². The molecule has 152 valence electrons. The number of anilines is 1. The Morgan fingerprint density at radius 2 is 1.62 bits per heavy atom.